The Morgan fingerprint density at radius 2 is 2.35 bits per heavy atom. The van der Waals surface area contributed by atoms with E-state index >= 15 is 0 Å². The van der Waals surface area contributed by atoms with Gasteiger partial charge in [-0.15, -0.1) is 21.5 Å². The average Bonchev–Trinajstić information content (AvgIpc) is 2.93. The van der Waals surface area contributed by atoms with Gasteiger partial charge in [-0.2, -0.15) is 0 Å². The minimum Gasteiger partial charge on any atom is -0.416 e. The lowest BCUT2D eigenvalue weighted by molar-refractivity contribution is 0.429. The van der Waals surface area contributed by atoms with Crippen LogP contribution in [0.2, 0.25) is 0 Å². The maximum absolute atomic E-state index is 5.32. The van der Waals surface area contributed by atoms with Gasteiger partial charge in [-0.05, 0) is 12.1 Å². The Morgan fingerprint density at radius 3 is 3.06 bits per heavy atom. The molecule has 4 nitrogen and oxygen atoms in total. The molecule has 0 radical (unpaired) electrons. The highest BCUT2D eigenvalue weighted by atomic mass is 32.2. The molecule has 0 aliphatic carbocycles. The number of thioether (sulfide) groups is 1. The lowest BCUT2D eigenvalue weighted by Crippen LogP contribution is -1.92. The summed E-state index contributed by atoms with van der Waals surface area (Å²) in [6.45, 7) is 2.17. The number of aromatic nitrogens is 2. The van der Waals surface area contributed by atoms with Crippen molar-refractivity contribution in [3.63, 3.8) is 0 Å². The maximum Gasteiger partial charge on any atom is 0.276 e. The highest BCUT2D eigenvalue weighted by molar-refractivity contribution is 7.98. The Hall–Kier alpha value is -1.29. The van der Waals surface area contributed by atoms with Crippen LogP contribution in [0.25, 0.3) is 0 Å². The molecule has 2 aromatic heterocycles. The first-order chi connectivity index (χ1) is 8.28. The summed E-state index contributed by atoms with van der Waals surface area (Å²) in [5.41, 5.74) is 5.32. The molecule has 0 spiro atoms. The van der Waals surface area contributed by atoms with Crippen molar-refractivity contribution in [2.75, 3.05) is 6.54 Å². The van der Waals surface area contributed by atoms with E-state index in [9.17, 15) is 0 Å². The minimum atomic E-state index is 0.392. The molecular formula is C11H11N3OS2. The second-order valence-corrected chi connectivity index (χ2v) is 5.24. The molecule has 2 rings (SSSR count). The van der Waals surface area contributed by atoms with Crippen molar-refractivity contribution in [2.24, 2.45) is 5.73 Å². The van der Waals surface area contributed by atoms with E-state index < -0.39 is 0 Å². The van der Waals surface area contributed by atoms with E-state index in [0.29, 0.717) is 17.7 Å². The number of hydrogen-bond acceptors (Lipinski definition) is 6. The van der Waals surface area contributed by atoms with E-state index in [-0.39, 0.29) is 0 Å². The number of thiophene rings is 1. The molecule has 0 aromatic carbocycles. The molecule has 0 aliphatic heterocycles. The molecule has 2 heterocycles. The van der Waals surface area contributed by atoms with Crippen LogP contribution in [-0.4, -0.2) is 16.7 Å². The first-order valence-electron chi connectivity index (χ1n) is 4.98. The molecule has 0 bridgehead atoms. The summed E-state index contributed by atoms with van der Waals surface area (Å²) < 4.78 is 5.28. The molecule has 0 unspecified atom stereocenters. The van der Waals surface area contributed by atoms with Crippen molar-refractivity contribution in [1.29, 1.82) is 0 Å². The summed E-state index contributed by atoms with van der Waals surface area (Å²) in [4.78, 5) is 2.26. The molecule has 0 fully saturated rings. The third kappa shape index (κ3) is 3.60. The Kier molecular flexibility index (Phi) is 4.20. The van der Waals surface area contributed by atoms with Crippen LogP contribution >= 0.6 is 23.1 Å². The Balaban J connectivity index is 1.93. The summed E-state index contributed by atoms with van der Waals surface area (Å²) in [6.07, 6.45) is 0. The first kappa shape index (κ1) is 12.2. The van der Waals surface area contributed by atoms with Crippen LogP contribution in [0, 0.1) is 18.8 Å². The maximum atomic E-state index is 5.32. The van der Waals surface area contributed by atoms with Gasteiger partial charge in [0.05, 0.1) is 11.4 Å². The molecule has 0 saturated carbocycles. The number of nitrogens with zero attached hydrogens (tertiary/aromatic N) is 2. The van der Waals surface area contributed by atoms with Crippen LogP contribution in [0.1, 0.15) is 15.6 Å². The molecule has 17 heavy (non-hydrogen) atoms. The number of hydrogen-bond donors (Lipinski definition) is 1. The van der Waals surface area contributed by atoms with Crippen molar-refractivity contribution in [3.8, 4) is 11.8 Å². The van der Waals surface area contributed by atoms with Gasteiger partial charge in [-0.25, -0.2) is 0 Å². The molecule has 0 atom stereocenters. The molecule has 6 heteroatoms. The first-order valence-corrected chi connectivity index (χ1v) is 6.78. The normalized spacial score (nSPS) is 10.0. The molecule has 2 N–H and O–H groups in total. The number of aryl methyl sites for hydroxylation is 1. The van der Waals surface area contributed by atoms with Crippen molar-refractivity contribution in [3.05, 3.63) is 27.8 Å². The van der Waals surface area contributed by atoms with Crippen molar-refractivity contribution < 1.29 is 4.42 Å². The van der Waals surface area contributed by atoms with Gasteiger partial charge in [-0.3, -0.25) is 0 Å². The summed E-state index contributed by atoms with van der Waals surface area (Å²) in [7, 11) is 0. The van der Waals surface area contributed by atoms with E-state index in [2.05, 4.69) is 28.1 Å². The van der Waals surface area contributed by atoms with Crippen molar-refractivity contribution in [2.45, 2.75) is 17.9 Å². The fraction of sp³-hybridized carbons (Fsp3) is 0.273. The van der Waals surface area contributed by atoms with Gasteiger partial charge in [0, 0.05) is 17.6 Å². The number of rotatable bonds is 3. The van der Waals surface area contributed by atoms with Gasteiger partial charge < -0.3 is 10.2 Å². The van der Waals surface area contributed by atoms with Crippen molar-refractivity contribution >= 4 is 23.1 Å². The Morgan fingerprint density at radius 1 is 1.47 bits per heavy atom. The topological polar surface area (TPSA) is 64.9 Å². The minimum absolute atomic E-state index is 0.392. The van der Waals surface area contributed by atoms with Crippen molar-refractivity contribution in [1.82, 2.24) is 10.2 Å². The van der Waals surface area contributed by atoms with Gasteiger partial charge in [-0.1, -0.05) is 23.6 Å². The SMILES string of the molecule is Cc1nnc(SCc2ccc(C#CCN)s2)o1. The molecule has 0 amide bonds. The van der Waals surface area contributed by atoms with Crippen LogP contribution in [0.3, 0.4) is 0 Å². The zero-order valence-electron chi connectivity index (χ0n) is 9.27. The third-order valence-corrected chi connectivity index (χ3v) is 3.87. The van der Waals surface area contributed by atoms with Gasteiger partial charge in [0.25, 0.3) is 5.22 Å². The lowest BCUT2D eigenvalue weighted by Gasteiger charge is -1.91. The van der Waals surface area contributed by atoms with Gasteiger partial charge in [0.2, 0.25) is 5.89 Å². The monoisotopic (exact) mass is 265 g/mol. The van der Waals surface area contributed by atoms with Crippen LogP contribution in [0.15, 0.2) is 21.8 Å². The molecule has 2 aromatic rings. The summed E-state index contributed by atoms with van der Waals surface area (Å²) in [5.74, 6) is 7.25. The Labute approximate surface area is 108 Å². The number of nitrogens with two attached hydrogens (primary N) is 1. The predicted octanol–water partition coefficient (Wildman–Crippen LogP) is 2.04. The zero-order chi connectivity index (χ0) is 12.1. The van der Waals surface area contributed by atoms with E-state index in [0.717, 1.165) is 10.6 Å². The third-order valence-electron chi connectivity index (χ3n) is 1.82. The molecule has 0 saturated heterocycles. The second-order valence-electron chi connectivity index (χ2n) is 3.15. The average molecular weight is 265 g/mol. The van der Waals surface area contributed by atoms with Gasteiger partial charge in [0.15, 0.2) is 0 Å². The fourth-order valence-electron chi connectivity index (χ4n) is 1.13. The molecule has 88 valence electrons. The van der Waals surface area contributed by atoms with Crippen LogP contribution < -0.4 is 5.73 Å². The zero-order valence-corrected chi connectivity index (χ0v) is 10.9. The van der Waals surface area contributed by atoms with Crippen LogP contribution in [0.4, 0.5) is 0 Å². The second kappa shape index (κ2) is 5.87. The highest BCUT2D eigenvalue weighted by Crippen LogP contribution is 2.25. The predicted molar refractivity (Wildman–Crippen MR) is 68.8 cm³/mol. The lowest BCUT2D eigenvalue weighted by atomic mass is 10.4. The standard InChI is InChI=1S/C11H11N3OS2/c1-8-13-14-11(15-8)16-7-10-5-4-9(17-10)3-2-6-12/h4-5H,6-7,12H2,1H3. The molecule has 0 aliphatic rings. The van der Waals surface area contributed by atoms with E-state index in [1.807, 2.05) is 6.07 Å². The summed E-state index contributed by atoms with van der Waals surface area (Å²) in [6, 6.07) is 4.06. The smallest absolute Gasteiger partial charge is 0.276 e. The largest absolute Gasteiger partial charge is 0.416 e. The van der Waals surface area contributed by atoms with Crippen LogP contribution in [0.5, 0.6) is 0 Å². The van der Waals surface area contributed by atoms with E-state index in [4.69, 9.17) is 10.2 Å². The highest BCUT2D eigenvalue weighted by Gasteiger charge is 2.05. The molecular weight excluding hydrogens is 254 g/mol. The quantitative estimate of drug-likeness (QED) is 0.679. The van der Waals surface area contributed by atoms with Crippen LogP contribution in [-0.2, 0) is 5.75 Å². The van der Waals surface area contributed by atoms with Gasteiger partial charge >= 0.3 is 0 Å². The van der Waals surface area contributed by atoms with Gasteiger partial charge in [0.1, 0.15) is 0 Å². The summed E-state index contributed by atoms with van der Waals surface area (Å²) in [5, 5.41) is 8.30. The summed E-state index contributed by atoms with van der Waals surface area (Å²) >= 11 is 3.19. The van der Waals surface area contributed by atoms with E-state index in [1.165, 1.54) is 16.6 Å². The fourth-order valence-corrected chi connectivity index (χ4v) is 2.86. The van der Waals surface area contributed by atoms with E-state index in [1.54, 1.807) is 18.3 Å². The Bertz CT molecular complexity index is 550.